The van der Waals surface area contributed by atoms with Crippen molar-refractivity contribution in [3.8, 4) is 0 Å². The maximum Gasteiger partial charge on any atom is 0.315 e. The normalized spacial score (nSPS) is 26.1. The summed E-state index contributed by atoms with van der Waals surface area (Å²) >= 11 is 0. The zero-order chi connectivity index (χ0) is 10.2. The molecule has 0 spiro atoms. The number of nitrogens with one attached hydrogen (secondary N) is 2. The van der Waals surface area contributed by atoms with Gasteiger partial charge >= 0.3 is 6.03 Å². The molecule has 2 rings (SSSR count). The maximum atomic E-state index is 11.4. The molecular weight excluding hydrogens is 176 g/mol. The summed E-state index contributed by atoms with van der Waals surface area (Å²) in [7, 11) is 0. The van der Waals surface area contributed by atoms with E-state index in [1.165, 1.54) is 6.42 Å². The predicted octanol–water partition coefficient (Wildman–Crippen LogP) is 2.03. The quantitative estimate of drug-likeness (QED) is 0.697. The molecule has 3 nitrogen and oxygen atoms in total. The van der Waals surface area contributed by atoms with Gasteiger partial charge in [0, 0.05) is 12.1 Å². The molecule has 2 amide bonds. The standard InChI is InChI=1S/C11H20N2O/c1-11(2)6-9(7-11)13-10(14)12-8-4-3-5-8/h8-9H,3-7H2,1-2H3,(H2,12,13,14). The van der Waals surface area contributed by atoms with Gasteiger partial charge in [0.1, 0.15) is 0 Å². The highest BCUT2D eigenvalue weighted by molar-refractivity contribution is 5.74. The van der Waals surface area contributed by atoms with Crippen LogP contribution in [-0.4, -0.2) is 18.1 Å². The molecule has 0 aromatic rings. The average molecular weight is 196 g/mol. The van der Waals surface area contributed by atoms with E-state index in [9.17, 15) is 4.79 Å². The number of hydrogen-bond acceptors (Lipinski definition) is 1. The number of urea groups is 1. The molecule has 3 heteroatoms. The van der Waals surface area contributed by atoms with Gasteiger partial charge in [-0.15, -0.1) is 0 Å². The SMILES string of the molecule is CC1(C)CC(NC(=O)NC2CCC2)C1. The Labute approximate surface area is 85.6 Å². The molecule has 0 radical (unpaired) electrons. The Kier molecular flexibility index (Phi) is 2.41. The molecule has 0 unspecified atom stereocenters. The highest BCUT2D eigenvalue weighted by Crippen LogP contribution is 2.39. The van der Waals surface area contributed by atoms with Gasteiger partial charge < -0.3 is 10.6 Å². The lowest BCUT2D eigenvalue weighted by molar-refractivity contribution is 0.128. The Hall–Kier alpha value is -0.730. The summed E-state index contributed by atoms with van der Waals surface area (Å²) in [6, 6.07) is 0.892. The molecule has 0 bridgehead atoms. The van der Waals surface area contributed by atoms with E-state index in [1.54, 1.807) is 0 Å². The monoisotopic (exact) mass is 196 g/mol. The van der Waals surface area contributed by atoms with Gasteiger partial charge in [-0.1, -0.05) is 13.8 Å². The first-order chi connectivity index (χ1) is 6.55. The lowest BCUT2D eigenvalue weighted by Crippen LogP contribution is -2.53. The summed E-state index contributed by atoms with van der Waals surface area (Å²) in [6.45, 7) is 4.49. The van der Waals surface area contributed by atoms with Crippen LogP contribution < -0.4 is 10.6 Å². The minimum atomic E-state index is 0.0372. The minimum Gasteiger partial charge on any atom is -0.335 e. The smallest absolute Gasteiger partial charge is 0.315 e. The maximum absolute atomic E-state index is 11.4. The van der Waals surface area contributed by atoms with Crippen LogP contribution in [0.5, 0.6) is 0 Å². The minimum absolute atomic E-state index is 0.0372. The zero-order valence-corrected chi connectivity index (χ0v) is 9.10. The molecule has 2 N–H and O–H groups in total. The topological polar surface area (TPSA) is 41.1 Å². The first-order valence-electron chi connectivity index (χ1n) is 5.62. The molecule has 2 fully saturated rings. The van der Waals surface area contributed by atoms with E-state index in [4.69, 9.17) is 0 Å². The Morgan fingerprint density at radius 1 is 1.14 bits per heavy atom. The average Bonchev–Trinajstić information content (AvgIpc) is 1.93. The summed E-state index contributed by atoms with van der Waals surface area (Å²) in [5.41, 5.74) is 0.439. The van der Waals surface area contributed by atoms with Crippen molar-refractivity contribution < 1.29 is 4.79 Å². The van der Waals surface area contributed by atoms with Crippen molar-refractivity contribution in [3.05, 3.63) is 0 Å². The molecule has 0 heterocycles. The second-order valence-electron chi connectivity index (χ2n) is 5.52. The van der Waals surface area contributed by atoms with Crippen LogP contribution in [0.25, 0.3) is 0 Å². The number of carbonyl (C=O) groups is 1. The van der Waals surface area contributed by atoms with Crippen LogP contribution in [0.15, 0.2) is 0 Å². The number of rotatable bonds is 2. The number of hydrogen-bond donors (Lipinski definition) is 2. The van der Waals surface area contributed by atoms with Gasteiger partial charge in [-0.2, -0.15) is 0 Å². The van der Waals surface area contributed by atoms with Crippen LogP contribution in [-0.2, 0) is 0 Å². The van der Waals surface area contributed by atoms with E-state index in [1.807, 2.05) is 0 Å². The third kappa shape index (κ3) is 2.20. The van der Waals surface area contributed by atoms with Crippen LogP contribution in [0.1, 0.15) is 46.0 Å². The van der Waals surface area contributed by atoms with Crippen molar-refractivity contribution in [2.75, 3.05) is 0 Å². The molecule has 2 saturated carbocycles. The summed E-state index contributed by atoms with van der Waals surface area (Å²) in [5.74, 6) is 0. The van der Waals surface area contributed by atoms with E-state index < -0.39 is 0 Å². The van der Waals surface area contributed by atoms with E-state index in [-0.39, 0.29) is 6.03 Å². The molecule has 2 aliphatic carbocycles. The number of amides is 2. The van der Waals surface area contributed by atoms with E-state index >= 15 is 0 Å². The van der Waals surface area contributed by atoms with Crippen LogP contribution >= 0.6 is 0 Å². The first-order valence-corrected chi connectivity index (χ1v) is 5.62. The second kappa shape index (κ2) is 3.44. The molecule has 80 valence electrons. The van der Waals surface area contributed by atoms with Crippen molar-refractivity contribution in [3.63, 3.8) is 0 Å². The summed E-state index contributed by atoms with van der Waals surface area (Å²) in [4.78, 5) is 11.4. The van der Waals surface area contributed by atoms with Gasteiger partial charge in [0.15, 0.2) is 0 Å². The van der Waals surface area contributed by atoms with Crippen LogP contribution in [0.2, 0.25) is 0 Å². The van der Waals surface area contributed by atoms with E-state index in [0.717, 1.165) is 25.7 Å². The third-order valence-corrected chi connectivity index (χ3v) is 3.37. The Morgan fingerprint density at radius 3 is 2.14 bits per heavy atom. The highest BCUT2D eigenvalue weighted by atomic mass is 16.2. The lowest BCUT2D eigenvalue weighted by Gasteiger charge is -2.43. The van der Waals surface area contributed by atoms with Crippen molar-refractivity contribution >= 4 is 6.03 Å². The van der Waals surface area contributed by atoms with Crippen LogP contribution in [0, 0.1) is 5.41 Å². The fraction of sp³-hybridized carbons (Fsp3) is 0.909. The van der Waals surface area contributed by atoms with E-state index in [2.05, 4.69) is 24.5 Å². The Balaban J connectivity index is 1.63. The number of carbonyl (C=O) groups excluding carboxylic acids is 1. The van der Waals surface area contributed by atoms with Gasteiger partial charge in [-0.25, -0.2) is 4.79 Å². The fourth-order valence-corrected chi connectivity index (χ4v) is 2.34. The van der Waals surface area contributed by atoms with Gasteiger partial charge in [0.25, 0.3) is 0 Å². The Bertz CT molecular complexity index is 225. The molecule has 0 aromatic carbocycles. The fourth-order valence-electron chi connectivity index (χ4n) is 2.34. The Morgan fingerprint density at radius 2 is 1.71 bits per heavy atom. The lowest BCUT2D eigenvalue weighted by atomic mass is 9.68. The van der Waals surface area contributed by atoms with Crippen molar-refractivity contribution in [2.24, 2.45) is 5.41 Å². The predicted molar refractivity (Wildman–Crippen MR) is 56.1 cm³/mol. The molecule has 0 aromatic heterocycles. The third-order valence-electron chi connectivity index (χ3n) is 3.37. The summed E-state index contributed by atoms with van der Waals surface area (Å²) in [5, 5.41) is 6.01. The first kappa shape index (κ1) is 9.81. The van der Waals surface area contributed by atoms with Gasteiger partial charge in [0.05, 0.1) is 0 Å². The molecule has 14 heavy (non-hydrogen) atoms. The van der Waals surface area contributed by atoms with Crippen molar-refractivity contribution in [1.29, 1.82) is 0 Å². The van der Waals surface area contributed by atoms with Gasteiger partial charge in [-0.3, -0.25) is 0 Å². The van der Waals surface area contributed by atoms with Gasteiger partial charge in [0.2, 0.25) is 0 Å². The van der Waals surface area contributed by atoms with Crippen molar-refractivity contribution in [2.45, 2.75) is 58.0 Å². The van der Waals surface area contributed by atoms with Gasteiger partial charge in [-0.05, 0) is 37.5 Å². The van der Waals surface area contributed by atoms with Crippen molar-refractivity contribution in [1.82, 2.24) is 10.6 Å². The van der Waals surface area contributed by atoms with Crippen LogP contribution in [0.4, 0.5) is 4.79 Å². The summed E-state index contributed by atoms with van der Waals surface area (Å²) in [6.07, 6.45) is 5.81. The molecule has 0 atom stereocenters. The molecule has 0 saturated heterocycles. The molecule has 2 aliphatic rings. The highest BCUT2D eigenvalue weighted by Gasteiger charge is 2.37. The van der Waals surface area contributed by atoms with Crippen LogP contribution in [0.3, 0.4) is 0 Å². The second-order valence-corrected chi connectivity index (χ2v) is 5.52. The molecule has 0 aliphatic heterocycles. The summed E-state index contributed by atoms with van der Waals surface area (Å²) < 4.78 is 0. The molecular formula is C11H20N2O. The zero-order valence-electron chi connectivity index (χ0n) is 9.10. The largest absolute Gasteiger partial charge is 0.335 e. The van der Waals surface area contributed by atoms with E-state index in [0.29, 0.717) is 17.5 Å².